The van der Waals surface area contributed by atoms with Gasteiger partial charge in [-0.25, -0.2) is 4.68 Å². The molecule has 0 aliphatic rings. The second-order valence-electron chi connectivity index (χ2n) is 6.77. The number of rotatable bonds is 6. The molecule has 7 nitrogen and oxygen atoms in total. The zero-order valence-corrected chi connectivity index (χ0v) is 16.2. The van der Waals surface area contributed by atoms with Gasteiger partial charge in [-0.05, 0) is 31.0 Å². The van der Waals surface area contributed by atoms with Crippen LogP contribution in [-0.2, 0) is 6.42 Å². The fraction of sp³-hybridized carbons (Fsp3) is 0.130. The molecule has 4 aromatic rings. The molecule has 0 bridgehead atoms. The van der Waals surface area contributed by atoms with Gasteiger partial charge in [0.1, 0.15) is 23.5 Å². The van der Waals surface area contributed by atoms with Crippen LogP contribution in [0, 0.1) is 22.7 Å². The van der Waals surface area contributed by atoms with Crippen LogP contribution in [0.3, 0.4) is 0 Å². The lowest BCUT2D eigenvalue weighted by Gasteiger charge is -2.11. The number of nitrogens with zero attached hydrogens (tertiary/aromatic N) is 5. The van der Waals surface area contributed by atoms with E-state index in [1.54, 1.807) is 10.9 Å². The molecule has 0 aliphatic heterocycles. The number of nitrogens with two attached hydrogens (primary N) is 1. The van der Waals surface area contributed by atoms with Gasteiger partial charge >= 0.3 is 0 Å². The Morgan fingerprint density at radius 3 is 2.53 bits per heavy atom. The minimum atomic E-state index is 0.346. The summed E-state index contributed by atoms with van der Waals surface area (Å²) in [4.78, 5) is 4.33. The predicted octanol–water partition coefficient (Wildman–Crippen LogP) is 3.79. The summed E-state index contributed by atoms with van der Waals surface area (Å²) in [7, 11) is 0. The molecule has 2 aromatic carbocycles. The lowest BCUT2D eigenvalue weighted by atomic mass is 10.1. The van der Waals surface area contributed by atoms with Crippen LogP contribution in [0.25, 0.3) is 16.6 Å². The van der Waals surface area contributed by atoms with E-state index in [1.807, 2.05) is 54.6 Å². The first-order valence-electron chi connectivity index (χ1n) is 9.57. The van der Waals surface area contributed by atoms with Gasteiger partial charge in [-0.15, -0.1) is 0 Å². The number of anilines is 2. The maximum absolute atomic E-state index is 9.54. The van der Waals surface area contributed by atoms with Gasteiger partial charge in [0.15, 0.2) is 0 Å². The Labute approximate surface area is 174 Å². The number of hydrogen-bond acceptors (Lipinski definition) is 6. The summed E-state index contributed by atoms with van der Waals surface area (Å²) >= 11 is 0. The van der Waals surface area contributed by atoms with Crippen molar-refractivity contribution in [2.45, 2.75) is 12.8 Å². The molecule has 146 valence electrons. The van der Waals surface area contributed by atoms with Crippen molar-refractivity contribution in [2.75, 3.05) is 17.6 Å². The van der Waals surface area contributed by atoms with Gasteiger partial charge in [-0.2, -0.15) is 15.6 Å². The maximum atomic E-state index is 9.54. The Hall–Kier alpha value is -4.36. The molecule has 0 atom stereocenters. The molecule has 0 saturated carbocycles. The second kappa shape index (κ2) is 8.34. The third-order valence-corrected chi connectivity index (χ3v) is 4.89. The van der Waals surface area contributed by atoms with Crippen molar-refractivity contribution in [3.05, 3.63) is 77.6 Å². The van der Waals surface area contributed by atoms with Crippen LogP contribution < -0.4 is 11.1 Å². The van der Waals surface area contributed by atoms with Crippen LogP contribution in [0.1, 0.15) is 23.2 Å². The Bertz CT molecular complexity index is 1280. The summed E-state index contributed by atoms with van der Waals surface area (Å²) in [5.74, 6) is 0.346. The molecule has 0 spiro atoms. The number of nitrogens with one attached hydrogen (secondary N) is 1. The van der Waals surface area contributed by atoms with Gasteiger partial charge in [0, 0.05) is 18.1 Å². The number of pyridine rings is 1. The standard InChI is InChI=1S/C23H19N7/c24-13-16-15-28-20-10-5-4-9-18(20)22(16)27-12-6-11-21-19(14-25)23(26)30(29-21)17-7-2-1-3-8-17/h1-5,7-10,15H,6,11-12,26H2,(H,27,28). The number of aryl methyl sites for hydroxylation is 1. The van der Waals surface area contributed by atoms with Crippen LogP contribution >= 0.6 is 0 Å². The Morgan fingerprint density at radius 1 is 1.00 bits per heavy atom. The summed E-state index contributed by atoms with van der Waals surface area (Å²) in [6.45, 7) is 0.617. The zero-order chi connectivity index (χ0) is 20.9. The molecule has 0 fully saturated rings. The van der Waals surface area contributed by atoms with Gasteiger partial charge in [-0.3, -0.25) is 4.98 Å². The normalized spacial score (nSPS) is 10.5. The minimum Gasteiger partial charge on any atom is -0.383 e. The highest BCUT2D eigenvalue weighted by atomic mass is 15.3. The quantitative estimate of drug-likeness (QED) is 0.481. The van der Waals surface area contributed by atoms with Crippen LogP contribution in [-0.4, -0.2) is 21.3 Å². The number of para-hydroxylation sites is 2. The zero-order valence-electron chi connectivity index (χ0n) is 16.2. The number of hydrogen-bond donors (Lipinski definition) is 2. The Morgan fingerprint density at radius 2 is 1.77 bits per heavy atom. The molecule has 2 heterocycles. The van der Waals surface area contributed by atoms with Gasteiger partial charge in [-0.1, -0.05) is 36.4 Å². The van der Waals surface area contributed by atoms with Gasteiger partial charge in [0.05, 0.1) is 28.1 Å². The fourth-order valence-electron chi connectivity index (χ4n) is 3.43. The van der Waals surface area contributed by atoms with Crippen LogP contribution in [0.5, 0.6) is 0 Å². The highest BCUT2D eigenvalue weighted by Gasteiger charge is 2.16. The van der Waals surface area contributed by atoms with E-state index in [2.05, 4.69) is 27.5 Å². The third kappa shape index (κ3) is 3.52. The van der Waals surface area contributed by atoms with Crippen molar-refractivity contribution in [2.24, 2.45) is 0 Å². The highest BCUT2D eigenvalue weighted by molar-refractivity contribution is 5.93. The SMILES string of the molecule is N#Cc1cnc2ccccc2c1NCCCc1nn(-c2ccccc2)c(N)c1C#N. The molecule has 2 aromatic heterocycles. The predicted molar refractivity (Wildman–Crippen MR) is 116 cm³/mol. The van der Waals surface area contributed by atoms with Crippen molar-refractivity contribution in [1.82, 2.24) is 14.8 Å². The largest absolute Gasteiger partial charge is 0.383 e. The molecular formula is C23H19N7. The van der Waals surface area contributed by atoms with E-state index >= 15 is 0 Å². The van der Waals surface area contributed by atoms with Gasteiger partial charge < -0.3 is 11.1 Å². The van der Waals surface area contributed by atoms with E-state index in [0.717, 1.165) is 28.7 Å². The lowest BCUT2D eigenvalue weighted by molar-refractivity contribution is 0.790. The van der Waals surface area contributed by atoms with Crippen molar-refractivity contribution in [1.29, 1.82) is 10.5 Å². The summed E-state index contributed by atoms with van der Waals surface area (Å²) < 4.78 is 1.60. The van der Waals surface area contributed by atoms with E-state index in [-0.39, 0.29) is 0 Å². The first-order chi connectivity index (χ1) is 14.7. The highest BCUT2D eigenvalue weighted by Crippen LogP contribution is 2.26. The van der Waals surface area contributed by atoms with Crippen molar-refractivity contribution >= 4 is 22.4 Å². The summed E-state index contributed by atoms with van der Waals surface area (Å²) in [6, 6.07) is 21.6. The first kappa shape index (κ1) is 19.0. The molecule has 4 rings (SSSR count). The van der Waals surface area contributed by atoms with E-state index in [9.17, 15) is 10.5 Å². The lowest BCUT2D eigenvalue weighted by Crippen LogP contribution is -2.06. The maximum Gasteiger partial charge on any atom is 0.145 e. The average Bonchev–Trinajstić information content (AvgIpc) is 3.12. The molecule has 0 unspecified atom stereocenters. The topological polar surface area (TPSA) is 116 Å². The summed E-state index contributed by atoms with van der Waals surface area (Å²) in [6.07, 6.45) is 2.90. The number of benzene rings is 2. The van der Waals surface area contributed by atoms with E-state index in [4.69, 9.17) is 5.73 Å². The molecule has 0 aliphatic carbocycles. The van der Waals surface area contributed by atoms with Crippen LogP contribution in [0.2, 0.25) is 0 Å². The van der Waals surface area contributed by atoms with Crippen LogP contribution in [0.4, 0.5) is 11.5 Å². The third-order valence-electron chi connectivity index (χ3n) is 4.89. The van der Waals surface area contributed by atoms with E-state index < -0.39 is 0 Å². The Balaban J connectivity index is 1.51. The van der Waals surface area contributed by atoms with Crippen molar-refractivity contribution in [3.8, 4) is 17.8 Å². The number of nitrogen functional groups attached to an aromatic ring is 1. The summed E-state index contributed by atoms with van der Waals surface area (Å²) in [5.41, 5.74) is 10.2. The van der Waals surface area contributed by atoms with E-state index in [1.165, 1.54) is 0 Å². The Kier molecular flexibility index (Phi) is 5.27. The summed E-state index contributed by atoms with van der Waals surface area (Å²) in [5, 5.41) is 27.8. The minimum absolute atomic E-state index is 0.346. The van der Waals surface area contributed by atoms with Crippen molar-refractivity contribution in [3.63, 3.8) is 0 Å². The van der Waals surface area contributed by atoms with Crippen molar-refractivity contribution < 1.29 is 0 Å². The molecule has 3 N–H and O–H groups in total. The average molecular weight is 393 g/mol. The second-order valence-corrected chi connectivity index (χ2v) is 6.77. The molecule has 7 heteroatoms. The smallest absolute Gasteiger partial charge is 0.145 e. The van der Waals surface area contributed by atoms with E-state index in [0.29, 0.717) is 35.6 Å². The fourth-order valence-corrected chi connectivity index (χ4v) is 3.43. The number of aromatic nitrogens is 3. The van der Waals surface area contributed by atoms with Gasteiger partial charge in [0.2, 0.25) is 0 Å². The van der Waals surface area contributed by atoms with Crippen LogP contribution in [0.15, 0.2) is 60.8 Å². The molecule has 0 radical (unpaired) electrons. The first-order valence-corrected chi connectivity index (χ1v) is 9.57. The van der Waals surface area contributed by atoms with Gasteiger partial charge in [0.25, 0.3) is 0 Å². The number of fused-ring (bicyclic) bond motifs is 1. The number of nitriles is 2. The monoisotopic (exact) mass is 393 g/mol. The molecule has 30 heavy (non-hydrogen) atoms. The molecular weight excluding hydrogens is 374 g/mol. The molecule has 0 saturated heterocycles. The molecule has 0 amide bonds.